The van der Waals surface area contributed by atoms with Crippen LogP contribution in [0.1, 0.15) is 49.7 Å². The molecule has 0 unspecified atom stereocenters. The molecule has 0 spiro atoms. The highest BCUT2D eigenvalue weighted by atomic mass is 32.2. The van der Waals surface area contributed by atoms with Crippen molar-refractivity contribution in [2.24, 2.45) is 4.99 Å². The van der Waals surface area contributed by atoms with Crippen molar-refractivity contribution in [3.8, 4) is 5.75 Å². The van der Waals surface area contributed by atoms with Gasteiger partial charge in [0.2, 0.25) is 0 Å². The van der Waals surface area contributed by atoms with Crippen LogP contribution in [0, 0.1) is 13.8 Å². The number of rotatable bonds is 7. The quantitative estimate of drug-likeness (QED) is 0.519. The minimum atomic E-state index is -0.575. The van der Waals surface area contributed by atoms with Crippen LogP contribution in [-0.4, -0.2) is 33.9 Å². The number of esters is 1. The van der Waals surface area contributed by atoms with Crippen LogP contribution < -0.4 is 4.74 Å². The Balaban J connectivity index is 1.70. The van der Waals surface area contributed by atoms with Crippen molar-refractivity contribution in [1.82, 2.24) is 4.57 Å². The monoisotopic (exact) mass is 452 g/mol. The van der Waals surface area contributed by atoms with Crippen LogP contribution in [0.5, 0.6) is 5.75 Å². The van der Waals surface area contributed by atoms with E-state index in [1.54, 1.807) is 6.92 Å². The Kier molecular flexibility index (Phi) is 6.46. The zero-order chi connectivity index (χ0) is 22.8. The summed E-state index contributed by atoms with van der Waals surface area (Å²) in [5, 5.41) is 11.4. The lowest BCUT2D eigenvalue weighted by Gasteiger charge is -2.07. The molecule has 0 atom stereocenters. The molecule has 1 aromatic heterocycles. The maximum atomic E-state index is 12.6. The summed E-state index contributed by atoms with van der Waals surface area (Å²) in [5.41, 5.74) is 4.18. The largest absolute Gasteiger partial charge is 0.506 e. The highest BCUT2D eigenvalue weighted by Crippen LogP contribution is 2.42. The van der Waals surface area contributed by atoms with Crippen LogP contribution in [0.3, 0.4) is 0 Å². The summed E-state index contributed by atoms with van der Waals surface area (Å²) in [6.45, 7) is 8.68. The lowest BCUT2D eigenvalue weighted by Crippen LogP contribution is -2.12. The minimum absolute atomic E-state index is 0.0886. The van der Waals surface area contributed by atoms with Crippen LogP contribution in [-0.2, 0) is 9.53 Å². The molecule has 0 amide bonds. The molecule has 2 aromatic rings. The molecular formula is C25H28N2O4S. The minimum Gasteiger partial charge on any atom is -0.506 e. The van der Waals surface area contributed by atoms with Gasteiger partial charge in [0.25, 0.3) is 0 Å². The van der Waals surface area contributed by atoms with Gasteiger partial charge in [0.1, 0.15) is 22.1 Å². The summed E-state index contributed by atoms with van der Waals surface area (Å²) < 4.78 is 13.0. The molecule has 168 valence electrons. The molecule has 2 heterocycles. The third kappa shape index (κ3) is 4.48. The Morgan fingerprint density at radius 3 is 2.56 bits per heavy atom. The number of nitrogens with zero attached hydrogens (tertiary/aromatic N) is 2. The average molecular weight is 453 g/mol. The second-order valence-corrected chi connectivity index (χ2v) is 8.86. The topological polar surface area (TPSA) is 73.0 Å². The van der Waals surface area contributed by atoms with Gasteiger partial charge in [-0.2, -0.15) is 0 Å². The third-order valence-electron chi connectivity index (χ3n) is 5.47. The number of aliphatic hydroxyl groups excluding tert-OH is 1. The molecule has 0 bridgehead atoms. The molecule has 1 fully saturated rings. The third-order valence-corrected chi connectivity index (χ3v) is 6.49. The first-order valence-corrected chi connectivity index (χ1v) is 11.7. The Morgan fingerprint density at radius 2 is 1.94 bits per heavy atom. The van der Waals surface area contributed by atoms with Gasteiger partial charge in [-0.1, -0.05) is 11.8 Å². The molecule has 7 heteroatoms. The number of carbonyl (C=O) groups is 1. The number of aryl methyl sites for hydroxylation is 1. The molecule has 1 aliphatic carbocycles. The van der Waals surface area contributed by atoms with Gasteiger partial charge < -0.3 is 19.1 Å². The van der Waals surface area contributed by atoms with Gasteiger partial charge in [-0.15, -0.1) is 0 Å². The fourth-order valence-corrected chi connectivity index (χ4v) is 4.90. The average Bonchev–Trinajstić information content (AvgIpc) is 3.48. The van der Waals surface area contributed by atoms with Crippen LogP contribution in [0.2, 0.25) is 0 Å². The van der Waals surface area contributed by atoms with Gasteiger partial charge in [-0.3, -0.25) is 0 Å². The highest BCUT2D eigenvalue weighted by Gasteiger charge is 2.34. The van der Waals surface area contributed by atoms with E-state index in [4.69, 9.17) is 9.47 Å². The van der Waals surface area contributed by atoms with Gasteiger partial charge in [0, 0.05) is 17.4 Å². The number of hydrogen-bond acceptors (Lipinski definition) is 6. The van der Waals surface area contributed by atoms with Crippen LogP contribution in [0.15, 0.2) is 51.6 Å². The normalized spacial score (nSPS) is 18.6. The maximum absolute atomic E-state index is 12.6. The van der Waals surface area contributed by atoms with E-state index in [9.17, 15) is 9.90 Å². The van der Waals surface area contributed by atoms with E-state index in [0.29, 0.717) is 28.3 Å². The second-order valence-electron chi connectivity index (χ2n) is 7.83. The molecule has 1 aromatic carbocycles. The summed E-state index contributed by atoms with van der Waals surface area (Å²) in [5.74, 6) is 0.0922. The predicted octanol–water partition coefficient (Wildman–Crippen LogP) is 6.03. The zero-order valence-corrected chi connectivity index (χ0v) is 19.7. The summed E-state index contributed by atoms with van der Waals surface area (Å²) >= 11 is 1.28. The van der Waals surface area contributed by atoms with E-state index in [-0.39, 0.29) is 17.9 Å². The number of benzene rings is 1. The van der Waals surface area contributed by atoms with Crippen molar-refractivity contribution in [3.63, 3.8) is 0 Å². The lowest BCUT2D eigenvalue weighted by atomic mass is 10.2. The molecule has 4 rings (SSSR count). The van der Waals surface area contributed by atoms with Crippen molar-refractivity contribution in [2.75, 3.05) is 13.2 Å². The summed E-state index contributed by atoms with van der Waals surface area (Å²) in [6.07, 6.45) is 4.34. The second kappa shape index (κ2) is 9.28. The predicted molar refractivity (Wildman–Crippen MR) is 129 cm³/mol. The highest BCUT2D eigenvalue weighted by molar-refractivity contribution is 8.18. The number of aromatic nitrogens is 1. The Morgan fingerprint density at radius 1 is 1.22 bits per heavy atom. The number of aliphatic imine (C=N–C) groups is 1. The summed E-state index contributed by atoms with van der Waals surface area (Å²) in [6, 6.07) is 10.0. The molecular weight excluding hydrogens is 424 g/mol. The van der Waals surface area contributed by atoms with E-state index < -0.39 is 5.97 Å². The van der Waals surface area contributed by atoms with Gasteiger partial charge in [0.15, 0.2) is 0 Å². The Labute approximate surface area is 192 Å². The van der Waals surface area contributed by atoms with Gasteiger partial charge in [-0.25, -0.2) is 9.79 Å². The Bertz CT molecular complexity index is 1120. The molecule has 6 nitrogen and oxygen atoms in total. The molecule has 32 heavy (non-hydrogen) atoms. The lowest BCUT2D eigenvalue weighted by molar-refractivity contribution is -0.138. The van der Waals surface area contributed by atoms with Crippen LogP contribution in [0.25, 0.3) is 6.08 Å². The molecule has 1 N–H and O–H groups in total. The van der Waals surface area contributed by atoms with E-state index in [1.807, 2.05) is 37.3 Å². The summed E-state index contributed by atoms with van der Waals surface area (Å²) in [7, 11) is 0. The number of carbonyl (C=O) groups excluding carboxylic acids is 1. The van der Waals surface area contributed by atoms with Gasteiger partial charge in [0.05, 0.1) is 23.8 Å². The van der Waals surface area contributed by atoms with Crippen molar-refractivity contribution in [2.45, 2.75) is 46.6 Å². The van der Waals surface area contributed by atoms with Crippen molar-refractivity contribution in [1.29, 1.82) is 0 Å². The van der Waals surface area contributed by atoms with Crippen molar-refractivity contribution >= 4 is 34.5 Å². The van der Waals surface area contributed by atoms with Gasteiger partial charge in [-0.05, 0) is 82.5 Å². The first-order chi connectivity index (χ1) is 15.4. The van der Waals surface area contributed by atoms with E-state index in [2.05, 4.69) is 29.5 Å². The van der Waals surface area contributed by atoms with E-state index >= 15 is 0 Å². The molecule has 1 saturated carbocycles. The first-order valence-electron chi connectivity index (χ1n) is 10.9. The van der Waals surface area contributed by atoms with E-state index in [1.165, 1.54) is 36.0 Å². The van der Waals surface area contributed by atoms with Crippen molar-refractivity contribution in [3.05, 3.63) is 63.5 Å². The fraction of sp³-hybridized carbons (Fsp3) is 0.360. The first kappa shape index (κ1) is 22.3. The number of hydrogen-bond donors (Lipinski definition) is 1. The van der Waals surface area contributed by atoms with Gasteiger partial charge >= 0.3 is 5.97 Å². The van der Waals surface area contributed by atoms with Crippen LogP contribution >= 0.6 is 11.8 Å². The number of ether oxygens (including phenoxy) is 2. The Hall–Kier alpha value is -2.93. The standard InChI is InChI=1S/C25H28N2O4S/c1-5-30-20-11-7-18(8-12-20)26-24-22(25(29)31-6-2)23(28)21(32-24)14-17-13-15(3)27(16(17)4)19-9-10-19/h7-8,11-14,19,28H,5-6,9-10H2,1-4H3/b21-14-,26-24?. The van der Waals surface area contributed by atoms with Crippen molar-refractivity contribution < 1.29 is 19.4 Å². The smallest absolute Gasteiger partial charge is 0.344 e. The maximum Gasteiger partial charge on any atom is 0.344 e. The molecule has 0 radical (unpaired) electrons. The number of thioether (sulfide) groups is 1. The molecule has 1 aliphatic heterocycles. The fourth-order valence-electron chi connectivity index (χ4n) is 3.88. The zero-order valence-electron chi connectivity index (χ0n) is 18.8. The molecule has 2 aliphatic rings. The molecule has 0 saturated heterocycles. The summed E-state index contributed by atoms with van der Waals surface area (Å²) in [4.78, 5) is 17.9. The van der Waals surface area contributed by atoms with E-state index in [0.717, 1.165) is 11.3 Å². The number of aliphatic hydroxyl groups is 1. The SMILES string of the molecule is CCOC(=O)C1=C(O)/C(=C/c2cc(C)n(C3CC3)c2C)SC1=Nc1ccc(OCC)cc1. The van der Waals surface area contributed by atoms with Crippen LogP contribution in [0.4, 0.5) is 5.69 Å².